The van der Waals surface area contributed by atoms with Crippen molar-refractivity contribution in [3.63, 3.8) is 0 Å². The first-order valence-electron chi connectivity index (χ1n) is 5.00. The molecule has 0 aromatic heterocycles. The molecule has 0 saturated carbocycles. The van der Waals surface area contributed by atoms with Gasteiger partial charge in [-0.2, -0.15) is 0 Å². The van der Waals surface area contributed by atoms with Crippen LogP contribution < -0.4 is 16.4 Å². The normalized spacial score (nSPS) is 14.8. The number of urea groups is 1. The first-order chi connectivity index (χ1) is 6.96. The number of hydrogen-bond acceptors (Lipinski definition) is 2. The number of carbonyl (C=O) groups is 1. The Labute approximate surface area is 88.6 Å². The van der Waals surface area contributed by atoms with Gasteiger partial charge >= 0.3 is 6.03 Å². The van der Waals surface area contributed by atoms with Crippen molar-refractivity contribution in [2.24, 2.45) is 5.73 Å². The van der Waals surface area contributed by atoms with E-state index in [1.54, 1.807) is 0 Å². The van der Waals surface area contributed by atoms with Gasteiger partial charge in [-0.05, 0) is 26.3 Å². The fraction of sp³-hybridized carbons (Fsp3) is 0.889. The van der Waals surface area contributed by atoms with Crippen LogP contribution in [0.1, 0.15) is 26.7 Å². The monoisotopic (exact) mass is 223 g/mol. The van der Waals surface area contributed by atoms with Crippen LogP contribution in [0.4, 0.5) is 13.6 Å². The molecule has 0 aromatic carbocycles. The average Bonchev–Trinajstić information content (AvgIpc) is 2.14. The van der Waals surface area contributed by atoms with Crippen LogP contribution in [0.15, 0.2) is 0 Å². The van der Waals surface area contributed by atoms with Gasteiger partial charge in [-0.15, -0.1) is 0 Å². The van der Waals surface area contributed by atoms with E-state index in [-0.39, 0.29) is 13.0 Å². The van der Waals surface area contributed by atoms with Gasteiger partial charge in [-0.25, -0.2) is 13.6 Å². The Bertz CT molecular complexity index is 202. The summed E-state index contributed by atoms with van der Waals surface area (Å²) < 4.78 is 25.3. The second-order valence-corrected chi connectivity index (χ2v) is 3.64. The third kappa shape index (κ3) is 4.92. The number of nitrogens with one attached hydrogen (secondary N) is 2. The zero-order valence-corrected chi connectivity index (χ0v) is 9.15. The van der Waals surface area contributed by atoms with Crippen LogP contribution in [0.5, 0.6) is 0 Å². The predicted molar refractivity (Wildman–Crippen MR) is 54.9 cm³/mol. The maximum absolute atomic E-state index is 12.7. The Morgan fingerprint density at radius 1 is 1.53 bits per heavy atom. The van der Waals surface area contributed by atoms with E-state index in [2.05, 4.69) is 10.6 Å². The molecule has 0 saturated heterocycles. The molecule has 0 aliphatic heterocycles. The molecule has 0 spiro atoms. The SMILES string of the molecule is CCCNC(=O)NC(C)(CCN)C(F)F. The Morgan fingerprint density at radius 2 is 2.13 bits per heavy atom. The highest BCUT2D eigenvalue weighted by atomic mass is 19.3. The lowest BCUT2D eigenvalue weighted by molar-refractivity contribution is 0.0427. The van der Waals surface area contributed by atoms with Crippen molar-refractivity contribution in [2.75, 3.05) is 13.1 Å². The second-order valence-electron chi connectivity index (χ2n) is 3.64. The quantitative estimate of drug-likeness (QED) is 0.630. The second kappa shape index (κ2) is 6.55. The summed E-state index contributed by atoms with van der Waals surface area (Å²) in [5, 5.41) is 4.73. The number of carbonyl (C=O) groups excluding carboxylic acids is 1. The van der Waals surface area contributed by atoms with E-state index < -0.39 is 18.0 Å². The number of nitrogens with two attached hydrogens (primary N) is 1. The van der Waals surface area contributed by atoms with Crippen molar-refractivity contribution >= 4 is 6.03 Å². The van der Waals surface area contributed by atoms with Crippen molar-refractivity contribution in [1.29, 1.82) is 0 Å². The number of halogens is 2. The zero-order valence-electron chi connectivity index (χ0n) is 9.15. The third-order valence-electron chi connectivity index (χ3n) is 2.08. The van der Waals surface area contributed by atoms with Crippen LogP contribution >= 0.6 is 0 Å². The molecular formula is C9H19F2N3O. The van der Waals surface area contributed by atoms with E-state index >= 15 is 0 Å². The van der Waals surface area contributed by atoms with Crippen LogP contribution in [0.25, 0.3) is 0 Å². The van der Waals surface area contributed by atoms with Gasteiger partial charge in [0, 0.05) is 6.54 Å². The number of rotatable bonds is 6. The highest BCUT2D eigenvalue weighted by molar-refractivity contribution is 5.74. The minimum absolute atomic E-state index is 0.0458. The smallest absolute Gasteiger partial charge is 0.315 e. The molecule has 0 heterocycles. The maximum Gasteiger partial charge on any atom is 0.315 e. The summed E-state index contributed by atoms with van der Waals surface area (Å²) in [6.07, 6.45) is -1.83. The van der Waals surface area contributed by atoms with Gasteiger partial charge in [0.1, 0.15) is 5.54 Å². The molecule has 0 aromatic rings. The summed E-state index contributed by atoms with van der Waals surface area (Å²) in [5.74, 6) is 0. The molecule has 90 valence electrons. The Kier molecular flexibility index (Phi) is 6.15. The molecule has 0 radical (unpaired) electrons. The van der Waals surface area contributed by atoms with Gasteiger partial charge in [-0.3, -0.25) is 0 Å². The average molecular weight is 223 g/mol. The van der Waals surface area contributed by atoms with Gasteiger partial charge < -0.3 is 16.4 Å². The standard InChI is InChI=1S/C9H19F2N3O/c1-3-6-13-8(15)14-9(2,4-5-12)7(10)11/h7H,3-6,12H2,1-2H3,(H2,13,14,15). The lowest BCUT2D eigenvalue weighted by atomic mass is 9.99. The molecular weight excluding hydrogens is 204 g/mol. The molecule has 1 atom stereocenters. The van der Waals surface area contributed by atoms with E-state index in [4.69, 9.17) is 5.73 Å². The van der Waals surface area contributed by atoms with Crippen molar-refractivity contribution in [3.05, 3.63) is 0 Å². The first kappa shape index (κ1) is 14.1. The van der Waals surface area contributed by atoms with E-state index in [1.807, 2.05) is 6.92 Å². The maximum atomic E-state index is 12.7. The van der Waals surface area contributed by atoms with Crippen molar-refractivity contribution in [3.8, 4) is 0 Å². The van der Waals surface area contributed by atoms with Gasteiger partial charge in [0.25, 0.3) is 6.43 Å². The summed E-state index contributed by atoms with van der Waals surface area (Å²) in [6.45, 7) is 3.74. The van der Waals surface area contributed by atoms with Gasteiger partial charge in [-0.1, -0.05) is 6.92 Å². The third-order valence-corrected chi connectivity index (χ3v) is 2.08. The van der Waals surface area contributed by atoms with E-state index in [0.29, 0.717) is 6.54 Å². The fourth-order valence-corrected chi connectivity index (χ4v) is 1.07. The molecule has 0 fully saturated rings. The van der Waals surface area contributed by atoms with Crippen LogP contribution in [0.2, 0.25) is 0 Å². The van der Waals surface area contributed by atoms with Crippen LogP contribution in [-0.2, 0) is 0 Å². The number of hydrogen-bond donors (Lipinski definition) is 3. The molecule has 4 N–H and O–H groups in total. The fourth-order valence-electron chi connectivity index (χ4n) is 1.07. The van der Waals surface area contributed by atoms with Crippen molar-refractivity contribution in [1.82, 2.24) is 10.6 Å². The van der Waals surface area contributed by atoms with Crippen molar-refractivity contribution in [2.45, 2.75) is 38.7 Å². The highest BCUT2D eigenvalue weighted by Crippen LogP contribution is 2.18. The van der Waals surface area contributed by atoms with Gasteiger partial charge in [0.2, 0.25) is 0 Å². The molecule has 2 amide bonds. The Morgan fingerprint density at radius 3 is 2.53 bits per heavy atom. The summed E-state index contributed by atoms with van der Waals surface area (Å²) in [4.78, 5) is 11.2. The highest BCUT2D eigenvalue weighted by Gasteiger charge is 2.35. The summed E-state index contributed by atoms with van der Waals surface area (Å²) in [5.41, 5.74) is 3.67. The summed E-state index contributed by atoms with van der Waals surface area (Å²) in [6, 6.07) is -0.576. The number of amides is 2. The lowest BCUT2D eigenvalue weighted by Gasteiger charge is -2.29. The molecule has 6 heteroatoms. The molecule has 1 unspecified atom stereocenters. The van der Waals surface area contributed by atoms with Crippen LogP contribution in [0, 0.1) is 0 Å². The predicted octanol–water partition coefficient (Wildman–Crippen LogP) is 1.07. The van der Waals surface area contributed by atoms with Gasteiger partial charge in [0.15, 0.2) is 0 Å². The Hall–Kier alpha value is -0.910. The number of alkyl halides is 2. The van der Waals surface area contributed by atoms with Crippen molar-refractivity contribution < 1.29 is 13.6 Å². The Balaban J connectivity index is 4.22. The van der Waals surface area contributed by atoms with Gasteiger partial charge in [0.05, 0.1) is 0 Å². The van der Waals surface area contributed by atoms with E-state index in [1.165, 1.54) is 6.92 Å². The topological polar surface area (TPSA) is 67.2 Å². The minimum atomic E-state index is -2.63. The van der Waals surface area contributed by atoms with Crippen LogP contribution in [-0.4, -0.2) is 31.1 Å². The van der Waals surface area contributed by atoms with E-state index in [9.17, 15) is 13.6 Å². The first-order valence-corrected chi connectivity index (χ1v) is 5.00. The molecule has 0 rings (SSSR count). The minimum Gasteiger partial charge on any atom is -0.338 e. The molecule has 0 aliphatic rings. The zero-order chi connectivity index (χ0) is 11.9. The molecule has 0 bridgehead atoms. The summed E-state index contributed by atoms with van der Waals surface area (Å²) >= 11 is 0. The largest absolute Gasteiger partial charge is 0.338 e. The summed E-state index contributed by atoms with van der Waals surface area (Å²) in [7, 11) is 0. The molecule has 15 heavy (non-hydrogen) atoms. The van der Waals surface area contributed by atoms with E-state index in [0.717, 1.165) is 6.42 Å². The van der Waals surface area contributed by atoms with Crippen LogP contribution in [0.3, 0.4) is 0 Å². The molecule has 4 nitrogen and oxygen atoms in total. The molecule has 0 aliphatic carbocycles. The lowest BCUT2D eigenvalue weighted by Crippen LogP contribution is -2.55.